The van der Waals surface area contributed by atoms with Crippen molar-refractivity contribution in [1.82, 2.24) is 14.9 Å². The van der Waals surface area contributed by atoms with Crippen molar-refractivity contribution in [1.29, 1.82) is 0 Å². The van der Waals surface area contributed by atoms with Gasteiger partial charge in [-0.25, -0.2) is 9.97 Å². The first-order valence-electron chi connectivity index (χ1n) is 6.65. The van der Waals surface area contributed by atoms with Crippen molar-refractivity contribution in [3.05, 3.63) is 17.0 Å². The van der Waals surface area contributed by atoms with Gasteiger partial charge in [0.2, 0.25) is 0 Å². The van der Waals surface area contributed by atoms with Crippen molar-refractivity contribution in [2.75, 3.05) is 31.1 Å². The molecule has 1 aromatic rings. The zero-order valence-corrected chi connectivity index (χ0v) is 12.1. The van der Waals surface area contributed by atoms with Gasteiger partial charge in [-0.3, -0.25) is 9.69 Å². The van der Waals surface area contributed by atoms with Crippen molar-refractivity contribution >= 4 is 23.7 Å². The number of aromatic nitrogens is 2. The Hall–Kier alpha value is -1.20. The molecule has 0 spiro atoms. The van der Waals surface area contributed by atoms with Crippen LogP contribution >= 0.6 is 11.6 Å². The molecule has 6 heteroatoms. The van der Waals surface area contributed by atoms with Crippen molar-refractivity contribution in [2.24, 2.45) is 0 Å². The molecule has 1 aliphatic rings. The quantitative estimate of drug-likeness (QED) is 0.609. The van der Waals surface area contributed by atoms with Crippen LogP contribution in [-0.2, 0) is 0 Å². The van der Waals surface area contributed by atoms with Crippen LogP contribution in [0.5, 0.6) is 0 Å². The maximum atomic E-state index is 11.1. The molecule has 1 aromatic heterocycles. The van der Waals surface area contributed by atoms with Crippen LogP contribution in [0.3, 0.4) is 0 Å². The third-order valence-corrected chi connectivity index (χ3v) is 4.02. The fraction of sp³-hybridized carbons (Fsp3) is 0.615. The summed E-state index contributed by atoms with van der Waals surface area (Å²) in [5.41, 5.74) is 0.393. The highest BCUT2D eigenvalue weighted by molar-refractivity contribution is 6.32. The van der Waals surface area contributed by atoms with Gasteiger partial charge in [0, 0.05) is 19.1 Å². The predicted octanol–water partition coefficient (Wildman–Crippen LogP) is 1.86. The number of nitrogens with zero attached hydrogens (tertiary/aromatic N) is 4. The third kappa shape index (κ3) is 2.87. The van der Waals surface area contributed by atoms with Crippen molar-refractivity contribution < 1.29 is 4.79 Å². The predicted molar refractivity (Wildman–Crippen MR) is 76.0 cm³/mol. The molecule has 1 unspecified atom stereocenters. The lowest BCUT2D eigenvalue weighted by molar-refractivity contribution is 0.112. The van der Waals surface area contributed by atoms with E-state index in [-0.39, 0.29) is 5.15 Å². The van der Waals surface area contributed by atoms with E-state index >= 15 is 0 Å². The molecule has 2 heterocycles. The molecule has 1 atom stereocenters. The standard InChI is InChI=1S/C13H19ClN4O/c1-3-17(4-2)10-5-6-18(7-10)13-11(8-19)12(14)15-9-16-13/h8-10H,3-7H2,1-2H3. The van der Waals surface area contributed by atoms with E-state index in [1.54, 1.807) is 0 Å². The summed E-state index contributed by atoms with van der Waals surface area (Å²) < 4.78 is 0. The van der Waals surface area contributed by atoms with Gasteiger partial charge in [0.25, 0.3) is 0 Å². The monoisotopic (exact) mass is 282 g/mol. The number of likely N-dealkylation sites (N-methyl/N-ethyl adjacent to an activating group) is 1. The number of anilines is 1. The van der Waals surface area contributed by atoms with Crippen LogP contribution in [-0.4, -0.2) is 53.4 Å². The highest BCUT2D eigenvalue weighted by Crippen LogP contribution is 2.26. The SMILES string of the molecule is CCN(CC)C1CCN(c2ncnc(Cl)c2C=O)C1. The number of carbonyl (C=O) groups is 1. The highest BCUT2D eigenvalue weighted by atomic mass is 35.5. The molecule has 0 radical (unpaired) electrons. The summed E-state index contributed by atoms with van der Waals surface area (Å²) in [6, 6.07) is 0.517. The maximum absolute atomic E-state index is 11.1. The fourth-order valence-corrected chi connectivity index (χ4v) is 2.86. The lowest BCUT2D eigenvalue weighted by Gasteiger charge is -2.26. The molecule has 1 aliphatic heterocycles. The minimum absolute atomic E-state index is 0.228. The highest BCUT2D eigenvalue weighted by Gasteiger charge is 2.28. The zero-order chi connectivity index (χ0) is 13.8. The summed E-state index contributed by atoms with van der Waals surface area (Å²) in [4.78, 5) is 23.8. The molecule has 0 saturated carbocycles. The largest absolute Gasteiger partial charge is 0.354 e. The maximum Gasteiger partial charge on any atom is 0.156 e. The molecule has 5 nitrogen and oxygen atoms in total. The lowest BCUT2D eigenvalue weighted by atomic mass is 10.2. The molecule has 0 aliphatic carbocycles. The minimum Gasteiger partial charge on any atom is -0.354 e. The third-order valence-electron chi connectivity index (χ3n) is 3.72. The Kier molecular flexibility index (Phi) is 4.71. The van der Waals surface area contributed by atoms with Crippen LogP contribution in [0.15, 0.2) is 6.33 Å². The zero-order valence-electron chi connectivity index (χ0n) is 11.3. The Morgan fingerprint density at radius 2 is 2.21 bits per heavy atom. The van der Waals surface area contributed by atoms with E-state index in [0.29, 0.717) is 17.4 Å². The van der Waals surface area contributed by atoms with Gasteiger partial charge in [-0.15, -0.1) is 0 Å². The number of carbonyl (C=O) groups excluding carboxylic acids is 1. The number of rotatable bonds is 5. The van der Waals surface area contributed by atoms with Crippen LogP contribution < -0.4 is 4.90 Å². The van der Waals surface area contributed by atoms with Gasteiger partial charge < -0.3 is 4.90 Å². The summed E-state index contributed by atoms with van der Waals surface area (Å²) in [5.74, 6) is 0.657. The van der Waals surface area contributed by atoms with E-state index in [1.807, 2.05) is 0 Å². The van der Waals surface area contributed by atoms with Crippen LogP contribution in [0.25, 0.3) is 0 Å². The topological polar surface area (TPSA) is 49.3 Å². The van der Waals surface area contributed by atoms with Crippen molar-refractivity contribution in [3.8, 4) is 0 Å². The number of hydrogen-bond acceptors (Lipinski definition) is 5. The summed E-state index contributed by atoms with van der Waals surface area (Å²) in [5, 5.41) is 0.228. The molecule has 1 saturated heterocycles. The van der Waals surface area contributed by atoms with E-state index < -0.39 is 0 Å². The van der Waals surface area contributed by atoms with E-state index in [4.69, 9.17) is 11.6 Å². The van der Waals surface area contributed by atoms with Crippen molar-refractivity contribution in [3.63, 3.8) is 0 Å². The summed E-state index contributed by atoms with van der Waals surface area (Å²) in [6.07, 6.45) is 3.24. The van der Waals surface area contributed by atoms with Gasteiger partial charge in [0.1, 0.15) is 17.3 Å². The molecule has 19 heavy (non-hydrogen) atoms. The number of aldehydes is 1. The minimum atomic E-state index is 0.228. The second kappa shape index (κ2) is 6.30. The normalized spacial score (nSPS) is 19.2. The van der Waals surface area contributed by atoms with E-state index in [0.717, 1.165) is 38.9 Å². The fourth-order valence-electron chi connectivity index (χ4n) is 2.69. The van der Waals surface area contributed by atoms with E-state index in [2.05, 4.69) is 33.6 Å². The first-order valence-corrected chi connectivity index (χ1v) is 7.03. The molecule has 0 N–H and O–H groups in total. The Morgan fingerprint density at radius 3 is 2.84 bits per heavy atom. The smallest absolute Gasteiger partial charge is 0.156 e. The van der Waals surface area contributed by atoms with Gasteiger partial charge in [0.15, 0.2) is 6.29 Å². The number of halogens is 1. The average molecular weight is 283 g/mol. The Balaban J connectivity index is 2.17. The molecule has 104 valence electrons. The summed E-state index contributed by atoms with van der Waals surface area (Å²) >= 11 is 5.94. The van der Waals surface area contributed by atoms with Gasteiger partial charge in [-0.1, -0.05) is 25.4 Å². The second-order valence-electron chi connectivity index (χ2n) is 4.63. The van der Waals surface area contributed by atoms with Crippen LogP contribution in [0.2, 0.25) is 5.15 Å². The Labute approximate surface area is 118 Å². The van der Waals surface area contributed by atoms with Crippen LogP contribution in [0.1, 0.15) is 30.6 Å². The molecular formula is C13H19ClN4O. The molecule has 0 aromatic carbocycles. The Morgan fingerprint density at radius 1 is 1.47 bits per heavy atom. The van der Waals surface area contributed by atoms with E-state index in [9.17, 15) is 4.79 Å². The van der Waals surface area contributed by atoms with E-state index in [1.165, 1.54) is 6.33 Å². The molecule has 2 rings (SSSR count). The van der Waals surface area contributed by atoms with Crippen LogP contribution in [0, 0.1) is 0 Å². The summed E-state index contributed by atoms with van der Waals surface area (Å²) in [6.45, 7) is 8.21. The molecule has 0 bridgehead atoms. The van der Waals surface area contributed by atoms with Crippen LogP contribution in [0.4, 0.5) is 5.82 Å². The number of hydrogen-bond donors (Lipinski definition) is 0. The van der Waals surface area contributed by atoms with Gasteiger partial charge >= 0.3 is 0 Å². The molecule has 1 fully saturated rings. The summed E-state index contributed by atoms with van der Waals surface area (Å²) in [7, 11) is 0. The Bertz CT molecular complexity index is 450. The van der Waals surface area contributed by atoms with Gasteiger partial charge in [0.05, 0.1) is 5.56 Å². The molecule has 0 amide bonds. The average Bonchev–Trinajstić information content (AvgIpc) is 2.89. The van der Waals surface area contributed by atoms with Crippen molar-refractivity contribution in [2.45, 2.75) is 26.3 Å². The van der Waals surface area contributed by atoms with Gasteiger partial charge in [-0.2, -0.15) is 0 Å². The second-order valence-corrected chi connectivity index (χ2v) is 4.99. The first-order chi connectivity index (χ1) is 9.21. The first kappa shape index (κ1) is 14.2. The lowest BCUT2D eigenvalue weighted by Crippen LogP contribution is -2.37. The molecular weight excluding hydrogens is 264 g/mol. The van der Waals surface area contributed by atoms with Gasteiger partial charge in [-0.05, 0) is 19.5 Å².